The molecule has 0 atom stereocenters. The van der Waals surface area contributed by atoms with Crippen molar-refractivity contribution in [1.82, 2.24) is 0 Å². The molecule has 0 amide bonds. The highest BCUT2D eigenvalue weighted by Gasteiger charge is 2.12. The Hall–Kier alpha value is -1.41. The van der Waals surface area contributed by atoms with Gasteiger partial charge in [-0.1, -0.05) is 46.3 Å². The molecule has 2 rings (SSSR count). The van der Waals surface area contributed by atoms with E-state index in [1.165, 1.54) is 11.1 Å². The van der Waals surface area contributed by atoms with Crippen LogP contribution in [0.15, 0.2) is 40.9 Å². The molecule has 0 unspecified atom stereocenters. The van der Waals surface area contributed by atoms with E-state index in [1.54, 1.807) is 6.92 Å². The average molecular weight is 303 g/mol. The summed E-state index contributed by atoms with van der Waals surface area (Å²) in [7, 11) is 0. The van der Waals surface area contributed by atoms with Crippen molar-refractivity contribution in [2.75, 3.05) is 0 Å². The first-order valence-corrected chi connectivity index (χ1v) is 6.67. The number of carbonyl (C=O) groups excluding carboxylic acids is 1. The number of Topliss-reactive ketones (excluding diaryl/α,β-unsaturated/α-hetero) is 1. The molecule has 0 saturated carbocycles. The summed E-state index contributed by atoms with van der Waals surface area (Å²) >= 11 is 3.53. The first-order chi connectivity index (χ1) is 8.52. The van der Waals surface area contributed by atoms with Crippen molar-refractivity contribution in [3.63, 3.8) is 0 Å². The van der Waals surface area contributed by atoms with Crippen LogP contribution in [0.5, 0.6) is 0 Å². The number of carbonyl (C=O) groups is 1. The third-order valence-corrected chi connectivity index (χ3v) is 4.18. The number of rotatable bonds is 2. The molecule has 2 aromatic carbocycles. The predicted molar refractivity (Wildman–Crippen MR) is 79.1 cm³/mol. The van der Waals surface area contributed by atoms with Crippen LogP contribution in [0.3, 0.4) is 0 Å². The van der Waals surface area contributed by atoms with Gasteiger partial charge in [0, 0.05) is 10.0 Å². The van der Waals surface area contributed by atoms with Crippen molar-refractivity contribution < 1.29 is 4.79 Å². The summed E-state index contributed by atoms with van der Waals surface area (Å²) < 4.78 is 1.10. The summed E-state index contributed by atoms with van der Waals surface area (Å²) in [6.07, 6.45) is 0. The minimum atomic E-state index is 0.102. The van der Waals surface area contributed by atoms with Gasteiger partial charge in [-0.05, 0) is 49.1 Å². The van der Waals surface area contributed by atoms with Gasteiger partial charge in [0.1, 0.15) is 0 Å². The van der Waals surface area contributed by atoms with Gasteiger partial charge in [0.2, 0.25) is 0 Å². The van der Waals surface area contributed by atoms with E-state index < -0.39 is 0 Å². The minimum absolute atomic E-state index is 0.102. The van der Waals surface area contributed by atoms with Gasteiger partial charge in [0.05, 0.1) is 0 Å². The molecule has 1 nitrogen and oxygen atoms in total. The Labute approximate surface area is 116 Å². The van der Waals surface area contributed by atoms with Crippen LogP contribution < -0.4 is 0 Å². The van der Waals surface area contributed by atoms with Gasteiger partial charge in [-0.15, -0.1) is 0 Å². The van der Waals surface area contributed by atoms with Gasteiger partial charge in [0.15, 0.2) is 5.78 Å². The fourth-order valence-electron chi connectivity index (χ4n) is 2.10. The minimum Gasteiger partial charge on any atom is -0.294 e. The lowest BCUT2D eigenvalue weighted by Crippen LogP contribution is -1.98. The fraction of sp³-hybridized carbons (Fsp3) is 0.188. The number of benzene rings is 2. The monoisotopic (exact) mass is 302 g/mol. The molecule has 2 aromatic rings. The molecule has 0 heterocycles. The molecular weight excluding hydrogens is 288 g/mol. The van der Waals surface area contributed by atoms with Gasteiger partial charge in [-0.3, -0.25) is 4.79 Å². The van der Waals surface area contributed by atoms with Gasteiger partial charge >= 0.3 is 0 Å². The van der Waals surface area contributed by atoms with E-state index in [1.807, 2.05) is 30.3 Å². The lowest BCUT2D eigenvalue weighted by Gasteiger charge is -2.13. The molecule has 0 N–H and O–H groups in total. The molecule has 0 aliphatic carbocycles. The maximum atomic E-state index is 11.7. The summed E-state index contributed by atoms with van der Waals surface area (Å²) in [4.78, 5) is 11.7. The van der Waals surface area contributed by atoms with Crippen molar-refractivity contribution in [3.8, 4) is 11.1 Å². The second-order valence-corrected chi connectivity index (χ2v) is 5.30. The summed E-state index contributed by atoms with van der Waals surface area (Å²) in [5.41, 5.74) is 5.34. The predicted octanol–water partition coefficient (Wildman–Crippen LogP) is 4.94. The van der Waals surface area contributed by atoms with Gasteiger partial charge in [-0.2, -0.15) is 0 Å². The second kappa shape index (κ2) is 5.07. The normalized spacial score (nSPS) is 10.4. The van der Waals surface area contributed by atoms with E-state index in [4.69, 9.17) is 0 Å². The Bertz CT molecular complexity index is 614. The van der Waals surface area contributed by atoms with E-state index in [2.05, 4.69) is 35.8 Å². The zero-order valence-corrected chi connectivity index (χ0v) is 12.3. The van der Waals surface area contributed by atoms with Crippen molar-refractivity contribution >= 4 is 21.7 Å². The highest BCUT2D eigenvalue weighted by Crippen LogP contribution is 2.32. The van der Waals surface area contributed by atoms with E-state index in [-0.39, 0.29) is 5.78 Å². The quantitative estimate of drug-likeness (QED) is 0.718. The van der Waals surface area contributed by atoms with Crippen LogP contribution in [0.4, 0.5) is 0 Å². The van der Waals surface area contributed by atoms with Crippen molar-refractivity contribution in [2.45, 2.75) is 20.8 Å². The Morgan fingerprint density at radius 2 is 1.61 bits per heavy atom. The van der Waals surface area contributed by atoms with Crippen LogP contribution in [-0.2, 0) is 0 Å². The highest BCUT2D eigenvalue weighted by atomic mass is 79.9. The second-order valence-electron chi connectivity index (χ2n) is 4.45. The maximum absolute atomic E-state index is 11.7. The summed E-state index contributed by atoms with van der Waals surface area (Å²) in [6, 6.07) is 11.9. The Kier molecular flexibility index (Phi) is 3.67. The van der Waals surface area contributed by atoms with Gasteiger partial charge < -0.3 is 0 Å². The topological polar surface area (TPSA) is 17.1 Å². The van der Waals surface area contributed by atoms with Crippen LogP contribution in [0.1, 0.15) is 28.4 Å². The number of ketones is 1. The number of halogens is 1. The van der Waals surface area contributed by atoms with E-state index >= 15 is 0 Å². The van der Waals surface area contributed by atoms with Crippen LogP contribution in [0.2, 0.25) is 0 Å². The molecule has 18 heavy (non-hydrogen) atoms. The SMILES string of the molecule is CC(=O)c1ccccc1-c1ccc(Br)c(C)c1C. The molecule has 2 heteroatoms. The maximum Gasteiger partial charge on any atom is 0.160 e. The molecule has 0 spiro atoms. The molecule has 92 valence electrons. The number of hydrogen-bond acceptors (Lipinski definition) is 1. The molecule has 0 aromatic heterocycles. The first kappa shape index (κ1) is 13.0. The van der Waals surface area contributed by atoms with Crippen molar-refractivity contribution in [3.05, 3.63) is 57.6 Å². The third kappa shape index (κ3) is 2.25. The van der Waals surface area contributed by atoms with E-state index in [0.717, 1.165) is 21.2 Å². The van der Waals surface area contributed by atoms with Crippen LogP contribution in [0, 0.1) is 13.8 Å². The highest BCUT2D eigenvalue weighted by molar-refractivity contribution is 9.10. The van der Waals surface area contributed by atoms with Crippen molar-refractivity contribution in [1.29, 1.82) is 0 Å². The summed E-state index contributed by atoms with van der Waals surface area (Å²) in [5.74, 6) is 0.102. The lowest BCUT2D eigenvalue weighted by molar-refractivity contribution is 0.101. The third-order valence-electron chi connectivity index (χ3n) is 3.32. The fourth-order valence-corrected chi connectivity index (χ4v) is 2.53. The Morgan fingerprint density at radius 1 is 0.944 bits per heavy atom. The summed E-state index contributed by atoms with van der Waals surface area (Å²) in [6.45, 7) is 5.78. The molecule has 0 bridgehead atoms. The van der Waals surface area contributed by atoms with Gasteiger partial charge in [0.25, 0.3) is 0 Å². The molecular formula is C16H15BrO. The molecule has 0 aliphatic rings. The van der Waals surface area contributed by atoms with Crippen LogP contribution in [0.25, 0.3) is 11.1 Å². The molecule has 0 fully saturated rings. The van der Waals surface area contributed by atoms with Crippen molar-refractivity contribution in [2.24, 2.45) is 0 Å². The first-order valence-electron chi connectivity index (χ1n) is 5.88. The Balaban J connectivity index is 2.70. The summed E-state index contributed by atoms with van der Waals surface area (Å²) in [5, 5.41) is 0. The zero-order chi connectivity index (χ0) is 13.3. The molecule has 0 saturated heterocycles. The van der Waals surface area contributed by atoms with Gasteiger partial charge in [-0.25, -0.2) is 0 Å². The standard InChI is InChI=1S/C16H15BrO/c1-10-11(2)16(17)9-8-13(10)15-7-5-4-6-14(15)12(3)18/h4-9H,1-3H3. The van der Waals surface area contributed by atoms with Crippen LogP contribution in [-0.4, -0.2) is 5.78 Å². The van der Waals surface area contributed by atoms with E-state index in [0.29, 0.717) is 0 Å². The molecule has 0 radical (unpaired) electrons. The largest absolute Gasteiger partial charge is 0.294 e. The lowest BCUT2D eigenvalue weighted by atomic mass is 9.92. The smallest absolute Gasteiger partial charge is 0.160 e. The zero-order valence-electron chi connectivity index (χ0n) is 10.8. The average Bonchev–Trinajstić information content (AvgIpc) is 2.36. The Morgan fingerprint density at radius 3 is 2.28 bits per heavy atom. The van der Waals surface area contributed by atoms with Crippen LogP contribution >= 0.6 is 15.9 Å². The molecule has 0 aliphatic heterocycles. The number of hydrogen-bond donors (Lipinski definition) is 0. The van der Waals surface area contributed by atoms with E-state index in [9.17, 15) is 4.79 Å².